The summed E-state index contributed by atoms with van der Waals surface area (Å²) in [6, 6.07) is 12.0. The Morgan fingerprint density at radius 2 is 1.70 bits per heavy atom. The summed E-state index contributed by atoms with van der Waals surface area (Å²) in [6.45, 7) is 7.83. The van der Waals surface area contributed by atoms with Gasteiger partial charge in [-0.1, -0.05) is 32.0 Å². The van der Waals surface area contributed by atoms with Gasteiger partial charge in [-0.25, -0.2) is 8.42 Å². The Bertz CT molecular complexity index is 1030. The number of amides is 2. The van der Waals surface area contributed by atoms with Gasteiger partial charge < -0.3 is 10.6 Å². The summed E-state index contributed by atoms with van der Waals surface area (Å²) in [6.07, 6.45) is 1.07. The number of rotatable bonds is 8. The van der Waals surface area contributed by atoms with Gasteiger partial charge in [-0.2, -0.15) is 0 Å². The Labute approximate surface area is 178 Å². The van der Waals surface area contributed by atoms with Crippen LogP contribution in [0.25, 0.3) is 0 Å². The van der Waals surface area contributed by atoms with Crippen LogP contribution in [-0.4, -0.2) is 39.6 Å². The minimum absolute atomic E-state index is 0.174. The van der Waals surface area contributed by atoms with Gasteiger partial charge >= 0.3 is 0 Å². The number of nitrogens with zero attached hydrogens (tertiary/aromatic N) is 1. The fourth-order valence-corrected chi connectivity index (χ4v) is 3.80. The number of carbonyl (C=O) groups is 2. The van der Waals surface area contributed by atoms with Gasteiger partial charge in [0.25, 0.3) is 5.91 Å². The van der Waals surface area contributed by atoms with Crippen LogP contribution in [0.4, 0.5) is 11.4 Å². The van der Waals surface area contributed by atoms with Gasteiger partial charge in [0.15, 0.2) is 0 Å². The molecule has 0 unspecified atom stereocenters. The molecule has 2 N–H and O–H groups in total. The van der Waals surface area contributed by atoms with Crippen LogP contribution in [-0.2, 0) is 14.8 Å². The SMILES string of the molecule is Cc1cc(C(=O)NCC(C)C)ccc1NC(=O)CN(c1ccccc1C)S(C)(=O)=O. The molecule has 0 aliphatic heterocycles. The van der Waals surface area contributed by atoms with Crippen molar-refractivity contribution in [3.63, 3.8) is 0 Å². The number of sulfonamides is 1. The van der Waals surface area contributed by atoms with Gasteiger partial charge in [-0.05, 0) is 55.2 Å². The molecule has 0 atom stereocenters. The van der Waals surface area contributed by atoms with E-state index >= 15 is 0 Å². The first-order valence-corrected chi connectivity index (χ1v) is 11.6. The lowest BCUT2D eigenvalue weighted by Crippen LogP contribution is -2.38. The molecule has 7 nitrogen and oxygen atoms in total. The molecule has 2 rings (SSSR count). The van der Waals surface area contributed by atoms with Crippen LogP contribution in [0, 0.1) is 19.8 Å². The van der Waals surface area contributed by atoms with Crippen LogP contribution < -0.4 is 14.9 Å². The lowest BCUT2D eigenvalue weighted by Gasteiger charge is -2.23. The molecule has 0 aliphatic carbocycles. The van der Waals surface area contributed by atoms with E-state index in [1.165, 1.54) is 0 Å². The highest BCUT2D eigenvalue weighted by atomic mass is 32.2. The highest BCUT2D eigenvalue weighted by Crippen LogP contribution is 2.22. The predicted molar refractivity (Wildman–Crippen MR) is 120 cm³/mol. The molecule has 2 aromatic rings. The van der Waals surface area contributed by atoms with Crippen LogP contribution in [0.1, 0.15) is 35.3 Å². The number of aryl methyl sites for hydroxylation is 2. The monoisotopic (exact) mass is 431 g/mol. The van der Waals surface area contributed by atoms with E-state index in [2.05, 4.69) is 10.6 Å². The van der Waals surface area contributed by atoms with Gasteiger partial charge in [-0.15, -0.1) is 0 Å². The van der Waals surface area contributed by atoms with Crippen LogP contribution in [0.2, 0.25) is 0 Å². The van der Waals surface area contributed by atoms with Crippen molar-refractivity contribution < 1.29 is 18.0 Å². The van der Waals surface area contributed by atoms with E-state index < -0.39 is 15.9 Å². The van der Waals surface area contributed by atoms with Crippen molar-refractivity contribution in [2.75, 3.05) is 29.0 Å². The van der Waals surface area contributed by atoms with Crippen molar-refractivity contribution in [1.82, 2.24) is 5.32 Å². The zero-order chi connectivity index (χ0) is 22.5. The molecule has 0 heterocycles. The second-order valence-electron chi connectivity index (χ2n) is 7.74. The van der Waals surface area contributed by atoms with E-state index in [1.807, 2.05) is 19.9 Å². The molecule has 2 amide bonds. The Morgan fingerprint density at radius 1 is 1.03 bits per heavy atom. The van der Waals surface area contributed by atoms with Crippen LogP contribution in [0.5, 0.6) is 0 Å². The summed E-state index contributed by atoms with van der Waals surface area (Å²) in [7, 11) is -3.65. The van der Waals surface area contributed by atoms with E-state index in [9.17, 15) is 18.0 Å². The minimum atomic E-state index is -3.65. The molecular weight excluding hydrogens is 402 g/mol. The second kappa shape index (κ2) is 9.75. The van der Waals surface area contributed by atoms with Crippen LogP contribution >= 0.6 is 0 Å². The van der Waals surface area contributed by atoms with Crippen molar-refractivity contribution in [3.8, 4) is 0 Å². The molecule has 0 aromatic heterocycles. The lowest BCUT2D eigenvalue weighted by molar-refractivity contribution is -0.114. The first-order valence-electron chi connectivity index (χ1n) is 9.71. The fourth-order valence-electron chi connectivity index (χ4n) is 2.89. The van der Waals surface area contributed by atoms with Gasteiger partial charge in [0.2, 0.25) is 15.9 Å². The maximum atomic E-state index is 12.6. The normalized spacial score (nSPS) is 11.3. The summed E-state index contributed by atoms with van der Waals surface area (Å²) < 4.78 is 25.6. The van der Waals surface area contributed by atoms with Gasteiger partial charge in [0.1, 0.15) is 6.54 Å². The maximum absolute atomic E-state index is 12.6. The number of anilines is 2. The van der Waals surface area contributed by atoms with E-state index in [4.69, 9.17) is 0 Å². The molecule has 8 heteroatoms. The van der Waals surface area contributed by atoms with Crippen molar-refractivity contribution >= 4 is 33.2 Å². The molecule has 162 valence electrons. The number of carbonyl (C=O) groups excluding carboxylic acids is 2. The predicted octanol–water partition coefficient (Wildman–Crippen LogP) is 3.09. The quantitative estimate of drug-likeness (QED) is 0.671. The summed E-state index contributed by atoms with van der Waals surface area (Å²) >= 11 is 0. The Morgan fingerprint density at radius 3 is 2.27 bits per heavy atom. The molecule has 30 heavy (non-hydrogen) atoms. The van der Waals surface area contributed by atoms with Gasteiger partial charge in [-0.3, -0.25) is 13.9 Å². The largest absolute Gasteiger partial charge is 0.352 e. The molecule has 0 radical (unpaired) electrons. The zero-order valence-electron chi connectivity index (χ0n) is 18.0. The van der Waals surface area contributed by atoms with Gasteiger partial charge in [0, 0.05) is 17.8 Å². The molecule has 0 fully saturated rings. The van der Waals surface area contributed by atoms with E-state index in [0.29, 0.717) is 35.0 Å². The topological polar surface area (TPSA) is 95.6 Å². The third kappa shape index (κ3) is 6.32. The van der Waals surface area contributed by atoms with E-state index in [0.717, 1.165) is 16.1 Å². The van der Waals surface area contributed by atoms with Crippen molar-refractivity contribution in [1.29, 1.82) is 0 Å². The summed E-state index contributed by atoms with van der Waals surface area (Å²) in [4.78, 5) is 24.8. The smallest absolute Gasteiger partial charge is 0.251 e. The van der Waals surface area contributed by atoms with Crippen LogP contribution in [0.15, 0.2) is 42.5 Å². The fraction of sp³-hybridized carbons (Fsp3) is 0.364. The van der Waals surface area contributed by atoms with Crippen molar-refractivity contribution in [2.24, 2.45) is 5.92 Å². The third-order valence-electron chi connectivity index (χ3n) is 4.51. The van der Waals surface area contributed by atoms with Crippen LogP contribution in [0.3, 0.4) is 0 Å². The number of nitrogens with one attached hydrogen (secondary N) is 2. The summed E-state index contributed by atoms with van der Waals surface area (Å²) in [5.74, 6) is -0.295. The lowest BCUT2D eigenvalue weighted by atomic mass is 10.1. The summed E-state index contributed by atoms with van der Waals surface area (Å²) in [5.41, 5.74) is 2.96. The van der Waals surface area contributed by atoms with E-state index in [-0.39, 0.29) is 12.5 Å². The van der Waals surface area contributed by atoms with Crippen molar-refractivity contribution in [2.45, 2.75) is 27.7 Å². The zero-order valence-corrected chi connectivity index (χ0v) is 18.8. The number of hydrogen-bond acceptors (Lipinski definition) is 4. The molecule has 0 saturated carbocycles. The average Bonchev–Trinajstić information content (AvgIpc) is 2.65. The highest BCUT2D eigenvalue weighted by Gasteiger charge is 2.22. The molecule has 0 aliphatic rings. The molecular formula is C22H29N3O4S. The highest BCUT2D eigenvalue weighted by molar-refractivity contribution is 7.92. The van der Waals surface area contributed by atoms with Gasteiger partial charge in [0.05, 0.1) is 11.9 Å². The minimum Gasteiger partial charge on any atom is -0.352 e. The maximum Gasteiger partial charge on any atom is 0.251 e. The Balaban J connectivity index is 2.15. The third-order valence-corrected chi connectivity index (χ3v) is 5.63. The molecule has 0 bridgehead atoms. The first kappa shape index (κ1) is 23.4. The molecule has 0 spiro atoms. The average molecular weight is 432 g/mol. The van der Waals surface area contributed by atoms with Crippen molar-refractivity contribution in [3.05, 3.63) is 59.2 Å². The standard InChI is InChI=1S/C22H29N3O4S/c1-15(2)13-23-22(27)18-10-11-19(17(4)12-18)24-21(26)14-25(30(5,28)29)20-9-7-6-8-16(20)3/h6-12,15H,13-14H2,1-5H3,(H,23,27)(H,24,26). The Kier molecular flexibility index (Phi) is 7.61. The molecule has 0 saturated heterocycles. The number of hydrogen-bond donors (Lipinski definition) is 2. The van der Waals surface area contributed by atoms with E-state index in [1.54, 1.807) is 50.2 Å². The first-order chi connectivity index (χ1) is 14.0. The number of benzene rings is 2. The second-order valence-corrected chi connectivity index (χ2v) is 9.64. The summed E-state index contributed by atoms with van der Waals surface area (Å²) in [5, 5.41) is 5.59. The Hall–Kier alpha value is -2.87. The number of para-hydroxylation sites is 1. The molecule has 2 aromatic carbocycles.